The van der Waals surface area contributed by atoms with Crippen LogP contribution in [0.3, 0.4) is 0 Å². The molecular weight excluding hydrogens is 215 g/mol. The number of hydrogen-bond donors (Lipinski definition) is 1. The molecule has 1 aromatic carbocycles. The Morgan fingerprint density at radius 3 is 2.67 bits per heavy atom. The monoisotopic (exact) mass is 220 g/mol. The molecule has 0 aliphatic rings. The molecule has 4 heteroatoms. The van der Waals surface area contributed by atoms with E-state index in [9.17, 15) is 4.79 Å². The quantitative estimate of drug-likeness (QED) is 0.599. The molecule has 0 saturated carbocycles. The third kappa shape index (κ3) is 2.16. The van der Waals surface area contributed by atoms with Gasteiger partial charge in [-0.3, -0.25) is 0 Å². The molecule has 0 aliphatic carbocycles. The van der Waals surface area contributed by atoms with Gasteiger partial charge in [0.25, 0.3) is 0 Å². The number of benzene rings is 1. The van der Waals surface area contributed by atoms with Gasteiger partial charge in [-0.25, -0.2) is 0 Å². The smallest absolute Gasteiger partial charge is 0.137 e. The average molecular weight is 221 g/mol. The number of halogens is 2. The van der Waals surface area contributed by atoms with E-state index in [1.807, 2.05) is 0 Å². The Balaban J connectivity index is 3.12. The van der Waals surface area contributed by atoms with Gasteiger partial charge in [0.05, 0.1) is 5.25 Å². The van der Waals surface area contributed by atoms with E-state index in [1.54, 1.807) is 18.2 Å². The van der Waals surface area contributed by atoms with Crippen LogP contribution in [-0.2, 0) is 4.79 Å². The average Bonchev–Trinajstić information content (AvgIpc) is 2.08. The lowest BCUT2D eigenvalue weighted by Gasteiger charge is -2.05. The van der Waals surface area contributed by atoms with Crippen LogP contribution in [0.15, 0.2) is 18.2 Å². The second-order valence-electron chi connectivity index (χ2n) is 2.25. The largest absolute Gasteiger partial charge is 0.302 e. The van der Waals surface area contributed by atoms with Crippen LogP contribution in [0, 0.1) is 0 Å². The zero-order valence-electron chi connectivity index (χ0n) is 6.00. The second-order valence-corrected chi connectivity index (χ2v) is 3.65. The first-order valence-corrected chi connectivity index (χ1v) is 4.50. The molecule has 0 N–H and O–H groups in total. The van der Waals surface area contributed by atoms with Crippen LogP contribution in [0.4, 0.5) is 0 Å². The number of carbonyl (C=O) groups is 1. The van der Waals surface area contributed by atoms with Crippen molar-refractivity contribution in [3.05, 3.63) is 33.8 Å². The first kappa shape index (κ1) is 9.90. The molecule has 0 heterocycles. The first-order valence-electron chi connectivity index (χ1n) is 3.23. The predicted molar refractivity (Wildman–Crippen MR) is 54.3 cm³/mol. The molecule has 1 unspecified atom stereocenters. The molecule has 12 heavy (non-hydrogen) atoms. The Kier molecular flexibility index (Phi) is 3.44. The van der Waals surface area contributed by atoms with Crippen molar-refractivity contribution in [2.24, 2.45) is 0 Å². The molecule has 64 valence electrons. The van der Waals surface area contributed by atoms with Crippen molar-refractivity contribution in [3.63, 3.8) is 0 Å². The SMILES string of the molecule is O=CC(S)c1cc(Cl)ccc1Cl. The lowest BCUT2D eigenvalue weighted by Crippen LogP contribution is -1.92. The summed E-state index contributed by atoms with van der Waals surface area (Å²) in [6, 6.07) is 4.95. The summed E-state index contributed by atoms with van der Waals surface area (Å²) in [7, 11) is 0. The Labute approximate surface area is 86.1 Å². The molecule has 0 aromatic heterocycles. The molecule has 1 aromatic rings. The summed E-state index contributed by atoms with van der Waals surface area (Å²) in [5.41, 5.74) is 0.641. The van der Waals surface area contributed by atoms with Gasteiger partial charge in [-0.2, -0.15) is 12.6 Å². The van der Waals surface area contributed by atoms with Crippen LogP contribution in [0.25, 0.3) is 0 Å². The van der Waals surface area contributed by atoms with Gasteiger partial charge < -0.3 is 4.79 Å². The summed E-state index contributed by atoms with van der Waals surface area (Å²) in [5, 5.41) is 0.554. The van der Waals surface area contributed by atoms with E-state index < -0.39 is 5.25 Å². The van der Waals surface area contributed by atoms with E-state index in [0.29, 0.717) is 21.9 Å². The highest BCUT2D eigenvalue weighted by atomic mass is 35.5. The minimum atomic E-state index is -0.504. The maximum Gasteiger partial charge on any atom is 0.137 e. The van der Waals surface area contributed by atoms with Crippen molar-refractivity contribution in [2.45, 2.75) is 5.25 Å². The summed E-state index contributed by atoms with van der Waals surface area (Å²) in [4.78, 5) is 10.4. The summed E-state index contributed by atoms with van der Waals surface area (Å²) in [6.45, 7) is 0. The van der Waals surface area contributed by atoms with Crippen LogP contribution in [-0.4, -0.2) is 6.29 Å². The maximum absolute atomic E-state index is 10.4. The summed E-state index contributed by atoms with van der Waals surface area (Å²) in [5.74, 6) is 0. The highest BCUT2D eigenvalue weighted by molar-refractivity contribution is 7.81. The number of hydrogen-bond acceptors (Lipinski definition) is 2. The van der Waals surface area contributed by atoms with E-state index in [4.69, 9.17) is 23.2 Å². The highest BCUT2D eigenvalue weighted by Gasteiger charge is 2.09. The summed E-state index contributed by atoms with van der Waals surface area (Å²) < 4.78 is 0. The summed E-state index contributed by atoms with van der Waals surface area (Å²) >= 11 is 15.5. The van der Waals surface area contributed by atoms with E-state index >= 15 is 0 Å². The molecule has 1 rings (SSSR count). The van der Waals surface area contributed by atoms with E-state index in [1.165, 1.54) is 0 Å². The lowest BCUT2D eigenvalue weighted by atomic mass is 10.1. The maximum atomic E-state index is 10.4. The van der Waals surface area contributed by atoms with Crippen molar-refractivity contribution in [3.8, 4) is 0 Å². The normalized spacial score (nSPS) is 12.6. The lowest BCUT2D eigenvalue weighted by molar-refractivity contribution is -0.107. The molecule has 0 amide bonds. The fourth-order valence-electron chi connectivity index (χ4n) is 0.815. The minimum absolute atomic E-state index is 0.504. The Morgan fingerprint density at radius 2 is 2.08 bits per heavy atom. The van der Waals surface area contributed by atoms with E-state index in [-0.39, 0.29) is 0 Å². The van der Waals surface area contributed by atoms with E-state index in [0.717, 1.165) is 0 Å². The zero-order valence-corrected chi connectivity index (χ0v) is 8.40. The van der Waals surface area contributed by atoms with Gasteiger partial charge in [0.1, 0.15) is 6.29 Å². The van der Waals surface area contributed by atoms with Crippen molar-refractivity contribution < 1.29 is 4.79 Å². The second kappa shape index (κ2) is 4.17. The Morgan fingerprint density at radius 1 is 1.42 bits per heavy atom. The number of rotatable bonds is 2. The first-order chi connectivity index (χ1) is 5.65. The van der Waals surface area contributed by atoms with Crippen molar-refractivity contribution in [2.75, 3.05) is 0 Å². The third-order valence-electron chi connectivity index (χ3n) is 1.41. The number of aldehydes is 1. The highest BCUT2D eigenvalue weighted by Crippen LogP contribution is 2.28. The van der Waals surface area contributed by atoms with Gasteiger partial charge in [0.2, 0.25) is 0 Å². The molecule has 0 aliphatic heterocycles. The molecule has 0 fully saturated rings. The molecule has 1 nitrogen and oxygen atoms in total. The molecule has 0 spiro atoms. The van der Waals surface area contributed by atoms with Gasteiger partial charge in [-0.05, 0) is 23.8 Å². The number of thiol groups is 1. The van der Waals surface area contributed by atoms with Gasteiger partial charge in [-0.15, -0.1) is 0 Å². The molecular formula is C8H6Cl2OS. The van der Waals surface area contributed by atoms with Crippen LogP contribution in [0.1, 0.15) is 10.8 Å². The zero-order chi connectivity index (χ0) is 9.14. The third-order valence-corrected chi connectivity index (χ3v) is 2.38. The van der Waals surface area contributed by atoms with Crippen LogP contribution < -0.4 is 0 Å². The topological polar surface area (TPSA) is 17.1 Å². The van der Waals surface area contributed by atoms with Gasteiger partial charge in [0, 0.05) is 10.0 Å². The van der Waals surface area contributed by atoms with Gasteiger partial charge >= 0.3 is 0 Å². The Hall–Kier alpha value is -0.180. The minimum Gasteiger partial charge on any atom is -0.302 e. The van der Waals surface area contributed by atoms with Crippen LogP contribution >= 0.6 is 35.8 Å². The summed E-state index contributed by atoms with van der Waals surface area (Å²) in [6.07, 6.45) is 0.709. The van der Waals surface area contributed by atoms with Gasteiger partial charge in [-0.1, -0.05) is 23.2 Å². The van der Waals surface area contributed by atoms with Crippen molar-refractivity contribution >= 4 is 42.1 Å². The molecule has 0 saturated heterocycles. The fraction of sp³-hybridized carbons (Fsp3) is 0.125. The van der Waals surface area contributed by atoms with Crippen molar-refractivity contribution in [1.29, 1.82) is 0 Å². The Bertz CT molecular complexity index is 301. The van der Waals surface area contributed by atoms with Crippen LogP contribution in [0.2, 0.25) is 10.0 Å². The fourth-order valence-corrected chi connectivity index (χ4v) is 1.52. The molecule has 0 bridgehead atoms. The standard InChI is InChI=1S/C8H6Cl2OS/c9-5-1-2-7(10)6(3-5)8(12)4-11/h1-4,8,12H. The predicted octanol–water partition coefficient (Wildman–Crippen LogP) is 3.16. The number of carbonyl (C=O) groups excluding carboxylic acids is 1. The molecule has 1 atom stereocenters. The van der Waals surface area contributed by atoms with E-state index in [2.05, 4.69) is 12.6 Å². The van der Waals surface area contributed by atoms with Gasteiger partial charge in [0.15, 0.2) is 0 Å². The van der Waals surface area contributed by atoms with Crippen LogP contribution in [0.5, 0.6) is 0 Å². The molecule has 0 radical (unpaired) electrons. The van der Waals surface area contributed by atoms with Crippen molar-refractivity contribution in [1.82, 2.24) is 0 Å².